The van der Waals surface area contributed by atoms with Crippen molar-refractivity contribution in [2.45, 2.75) is 44.6 Å². The van der Waals surface area contributed by atoms with Crippen molar-refractivity contribution < 1.29 is 9.90 Å². The number of phenolic OH excluding ortho intramolecular Hbond substituents is 1. The number of nitrogens with one attached hydrogen (secondary N) is 1. The van der Waals surface area contributed by atoms with Crippen LogP contribution in [0.3, 0.4) is 0 Å². The first-order valence-electron chi connectivity index (χ1n) is 7.18. The third kappa shape index (κ3) is 3.75. The number of benzene rings is 1. The average molecular weight is 340 g/mol. The molecule has 1 saturated carbocycles. The van der Waals surface area contributed by atoms with E-state index < -0.39 is 0 Å². The number of para-hydroxylation sites is 1. The van der Waals surface area contributed by atoms with E-state index in [0.29, 0.717) is 11.5 Å². The van der Waals surface area contributed by atoms with Gasteiger partial charge in [-0.15, -0.1) is 0 Å². The van der Waals surface area contributed by atoms with Crippen LogP contribution in [0.1, 0.15) is 38.2 Å². The summed E-state index contributed by atoms with van der Waals surface area (Å²) in [5.74, 6) is 0.819. The van der Waals surface area contributed by atoms with Crippen molar-refractivity contribution in [3.8, 4) is 5.75 Å². The fraction of sp³-hybridized carbons (Fsp3) is 0.562. The van der Waals surface area contributed by atoms with Crippen LogP contribution in [0.2, 0.25) is 0 Å². The van der Waals surface area contributed by atoms with Gasteiger partial charge in [-0.1, -0.05) is 53.9 Å². The molecule has 2 rings (SSSR count). The Labute approximate surface area is 128 Å². The molecule has 1 aliphatic carbocycles. The van der Waals surface area contributed by atoms with Crippen LogP contribution in [0.4, 0.5) is 0 Å². The maximum atomic E-state index is 12.3. The highest BCUT2D eigenvalue weighted by molar-refractivity contribution is 9.09. The number of hydrogen-bond acceptors (Lipinski definition) is 2. The number of aromatic hydroxyl groups is 1. The minimum atomic E-state index is -0.126. The largest absolute Gasteiger partial charge is 0.508 e. The average Bonchev–Trinajstić information content (AvgIpc) is 2.41. The van der Waals surface area contributed by atoms with Crippen molar-refractivity contribution in [3.63, 3.8) is 0 Å². The maximum absolute atomic E-state index is 12.3. The van der Waals surface area contributed by atoms with Crippen molar-refractivity contribution in [3.05, 3.63) is 29.8 Å². The van der Waals surface area contributed by atoms with Gasteiger partial charge in [0.05, 0.1) is 6.42 Å². The highest BCUT2D eigenvalue weighted by atomic mass is 79.9. The standard InChI is InChI=1S/C16H22BrNO2/c1-12-5-4-8-16(10-12,11-17)18-15(20)9-13-6-2-3-7-14(13)19/h2-3,6-7,12,19H,4-5,8-11H2,1H3,(H,18,20). The van der Waals surface area contributed by atoms with Gasteiger partial charge < -0.3 is 10.4 Å². The van der Waals surface area contributed by atoms with Gasteiger partial charge in [-0.2, -0.15) is 0 Å². The summed E-state index contributed by atoms with van der Waals surface area (Å²) in [5.41, 5.74) is 0.553. The fourth-order valence-electron chi connectivity index (χ4n) is 3.10. The normalized spacial score (nSPS) is 26.2. The molecule has 1 aromatic rings. The van der Waals surface area contributed by atoms with Gasteiger partial charge in [-0.05, 0) is 24.8 Å². The zero-order valence-electron chi connectivity index (χ0n) is 11.9. The third-order valence-electron chi connectivity index (χ3n) is 4.09. The van der Waals surface area contributed by atoms with Crippen LogP contribution in [0, 0.1) is 5.92 Å². The van der Waals surface area contributed by atoms with Gasteiger partial charge in [0.1, 0.15) is 5.75 Å². The van der Waals surface area contributed by atoms with E-state index in [1.807, 2.05) is 6.07 Å². The van der Waals surface area contributed by atoms with Crippen LogP contribution in [0.15, 0.2) is 24.3 Å². The second-order valence-electron chi connectivity index (χ2n) is 5.97. The molecular formula is C16H22BrNO2. The summed E-state index contributed by atoms with van der Waals surface area (Å²) in [6.07, 6.45) is 4.67. The molecule has 0 heterocycles. The molecule has 2 N–H and O–H groups in total. The summed E-state index contributed by atoms with van der Waals surface area (Å²) in [6, 6.07) is 7.01. The Morgan fingerprint density at radius 2 is 2.25 bits per heavy atom. The van der Waals surface area contributed by atoms with Crippen LogP contribution in [0.5, 0.6) is 5.75 Å². The Hall–Kier alpha value is -1.03. The van der Waals surface area contributed by atoms with Crippen LogP contribution >= 0.6 is 15.9 Å². The zero-order chi connectivity index (χ0) is 14.6. The molecule has 0 aromatic heterocycles. The Bertz CT molecular complexity index is 477. The van der Waals surface area contributed by atoms with E-state index in [2.05, 4.69) is 28.2 Å². The van der Waals surface area contributed by atoms with Crippen LogP contribution in [0.25, 0.3) is 0 Å². The van der Waals surface area contributed by atoms with Crippen molar-refractivity contribution in [2.24, 2.45) is 5.92 Å². The van der Waals surface area contributed by atoms with Crippen LogP contribution < -0.4 is 5.32 Å². The lowest BCUT2D eigenvalue weighted by atomic mass is 9.77. The number of halogens is 1. The maximum Gasteiger partial charge on any atom is 0.225 e. The predicted octanol–water partition coefficient (Wildman–Crippen LogP) is 3.39. The molecule has 0 aliphatic heterocycles. The molecule has 3 nitrogen and oxygen atoms in total. The first-order chi connectivity index (χ1) is 9.54. The zero-order valence-corrected chi connectivity index (χ0v) is 13.4. The van der Waals surface area contributed by atoms with E-state index in [-0.39, 0.29) is 23.6 Å². The molecule has 1 amide bonds. The molecule has 0 saturated heterocycles. The first kappa shape index (κ1) is 15.4. The number of rotatable bonds is 4. The summed E-state index contributed by atoms with van der Waals surface area (Å²) in [6.45, 7) is 2.24. The lowest BCUT2D eigenvalue weighted by Crippen LogP contribution is -2.53. The number of amides is 1. The van der Waals surface area contributed by atoms with Gasteiger partial charge in [0.15, 0.2) is 0 Å². The van der Waals surface area contributed by atoms with Gasteiger partial charge >= 0.3 is 0 Å². The lowest BCUT2D eigenvalue weighted by Gasteiger charge is -2.39. The van der Waals surface area contributed by atoms with Crippen molar-refractivity contribution >= 4 is 21.8 Å². The van der Waals surface area contributed by atoms with Crippen LogP contribution in [-0.2, 0) is 11.2 Å². The van der Waals surface area contributed by atoms with E-state index in [4.69, 9.17) is 0 Å². The van der Waals surface area contributed by atoms with E-state index in [9.17, 15) is 9.90 Å². The monoisotopic (exact) mass is 339 g/mol. The second-order valence-corrected chi connectivity index (χ2v) is 6.53. The minimum absolute atomic E-state index is 0.0138. The third-order valence-corrected chi connectivity index (χ3v) is 5.17. The van der Waals surface area contributed by atoms with Gasteiger partial charge in [0.25, 0.3) is 0 Å². The predicted molar refractivity (Wildman–Crippen MR) is 84.1 cm³/mol. The highest BCUT2D eigenvalue weighted by Crippen LogP contribution is 2.33. The van der Waals surface area contributed by atoms with Crippen molar-refractivity contribution in [1.82, 2.24) is 5.32 Å². The Morgan fingerprint density at radius 1 is 1.50 bits per heavy atom. The summed E-state index contributed by atoms with van der Waals surface area (Å²) in [7, 11) is 0. The van der Waals surface area contributed by atoms with Crippen LogP contribution in [-0.4, -0.2) is 21.9 Å². The fourth-order valence-corrected chi connectivity index (χ4v) is 3.75. The van der Waals surface area contributed by atoms with Gasteiger partial charge in [0.2, 0.25) is 5.91 Å². The Kier molecular flexibility index (Phi) is 5.08. The van der Waals surface area contributed by atoms with Gasteiger partial charge in [0, 0.05) is 16.4 Å². The quantitative estimate of drug-likeness (QED) is 0.826. The molecular weight excluding hydrogens is 318 g/mol. The number of alkyl halides is 1. The summed E-state index contributed by atoms with van der Waals surface area (Å²) in [5, 5.41) is 13.7. The Balaban J connectivity index is 2.01. The molecule has 0 spiro atoms. The number of phenols is 1. The van der Waals surface area contributed by atoms with Crippen molar-refractivity contribution in [2.75, 3.05) is 5.33 Å². The molecule has 110 valence electrons. The van der Waals surface area contributed by atoms with Gasteiger partial charge in [-0.25, -0.2) is 0 Å². The molecule has 20 heavy (non-hydrogen) atoms. The SMILES string of the molecule is CC1CCCC(CBr)(NC(=O)Cc2ccccc2O)C1. The van der Waals surface area contributed by atoms with E-state index in [0.717, 1.165) is 24.6 Å². The lowest BCUT2D eigenvalue weighted by molar-refractivity contribution is -0.122. The number of carbonyl (C=O) groups excluding carboxylic acids is 1. The molecule has 2 atom stereocenters. The molecule has 4 heteroatoms. The number of hydrogen-bond donors (Lipinski definition) is 2. The molecule has 1 fully saturated rings. The molecule has 1 aromatic carbocycles. The second kappa shape index (κ2) is 6.61. The minimum Gasteiger partial charge on any atom is -0.508 e. The molecule has 2 unspecified atom stereocenters. The molecule has 1 aliphatic rings. The smallest absolute Gasteiger partial charge is 0.225 e. The molecule has 0 bridgehead atoms. The first-order valence-corrected chi connectivity index (χ1v) is 8.31. The summed E-state index contributed by atoms with van der Waals surface area (Å²) < 4.78 is 0. The topological polar surface area (TPSA) is 49.3 Å². The van der Waals surface area contributed by atoms with E-state index >= 15 is 0 Å². The van der Waals surface area contributed by atoms with E-state index in [1.165, 1.54) is 6.42 Å². The van der Waals surface area contributed by atoms with Crippen molar-refractivity contribution in [1.29, 1.82) is 0 Å². The van der Waals surface area contributed by atoms with Gasteiger partial charge in [-0.3, -0.25) is 4.79 Å². The summed E-state index contributed by atoms with van der Waals surface area (Å²) in [4.78, 5) is 12.3. The van der Waals surface area contributed by atoms with E-state index in [1.54, 1.807) is 18.2 Å². The number of carbonyl (C=O) groups is 1. The highest BCUT2D eigenvalue weighted by Gasteiger charge is 2.35. The Morgan fingerprint density at radius 3 is 2.90 bits per heavy atom. The summed E-state index contributed by atoms with van der Waals surface area (Å²) >= 11 is 3.56. The molecule has 0 radical (unpaired) electrons.